The standard InChI is InChI=1S/C24H31N3O7S2/c1-33-23-12-11-21(18-22(23)27-16-5-6-24(27)28)35(29,30)25-13-17-34-19-7-9-20(10-8-19)36(31,32)26-14-3-2-4-15-26/h7-12,18,25H,2-6,13-17H2,1H3. The van der Waals surface area contributed by atoms with Gasteiger partial charge < -0.3 is 14.4 Å². The third kappa shape index (κ3) is 5.83. The first-order valence-corrected chi connectivity index (χ1v) is 14.9. The summed E-state index contributed by atoms with van der Waals surface area (Å²) in [5.74, 6) is 0.795. The van der Waals surface area contributed by atoms with Crippen LogP contribution in [0.15, 0.2) is 52.3 Å². The summed E-state index contributed by atoms with van der Waals surface area (Å²) in [6, 6.07) is 10.5. The van der Waals surface area contributed by atoms with E-state index in [1.807, 2.05) is 0 Å². The quantitative estimate of drug-likeness (QED) is 0.462. The number of nitrogens with one attached hydrogen (secondary N) is 1. The van der Waals surface area contributed by atoms with Gasteiger partial charge in [0.15, 0.2) is 0 Å². The van der Waals surface area contributed by atoms with Gasteiger partial charge in [0.1, 0.15) is 18.1 Å². The Morgan fingerprint density at radius 2 is 1.58 bits per heavy atom. The van der Waals surface area contributed by atoms with Crippen molar-refractivity contribution in [3.05, 3.63) is 42.5 Å². The average molecular weight is 538 g/mol. The van der Waals surface area contributed by atoms with E-state index in [4.69, 9.17) is 9.47 Å². The highest BCUT2D eigenvalue weighted by atomic mass is 32.2. The van der Waals surface area contributed by atoms with Crippen LogP contribution >= 0.6 is 0 Å². The van der Waals surface area contributed by atoms with Crippen LogP contribution in [-0.4, -0.2) is 66.9 Å². The SMILES string of the molecule is COc1ccc(S(=O)(=O)NCCOc2ccc(S(=O)(=O)N3CCCCC3)cc2)cc1N1CCCC1=O. The van der Waals surface area contributed by atoms with E-state index in [0.717, 1.165) is 19.3 Å². The number of piperidine rings is 1. The smallest absolute Gasteiger partial charge is 0.243 e. The second-order valence-electron chi connectivity index (χ2n) is 8.66. The van der Waals surface area contributed by atoms with E-state index in [1.54, 1.807) is 12.1 Å². The Labute approximate surface area is 212 Å². The van der Waals surface area contributed by atoms with Crippen molar-refractivity contribution in [1.82, 2.24) is 9.03 Å². The molecule has 36 heavy (non-hydrogen) atoms. The number of amides is 1. The molecule has 2 aromatic carbocycles. The monoisotopic (exact) mass is 537 g/mol. The predicted molar refractivity (Wildman–Crippen MR) is 134 cm³/mol. The van der Waals surface area contributed by atoms with Crippen molar-refractivity contribution in [1.29, 1.82) is 0 Å². The van der Waals surface area contributed by atoms with Gasteiger partial charge in [0, 0.05) is 32.6 Å². The van der Waals surface area contributed by atoms with Crippen LogP contribution in [0, 0.1) is 0 Å². The van der Waals surface area contributed by atoms with Gasteiger partial charge in [0.2, 0.25) is 26.0 Å². The molecule has 2 aliphatic heterocycles. The van der Waals surface area contributed by atoms with Crippen molar-refractivity contribution < 1.29 is 31.1 Å². The van der Waals surface area contributed by atoms with Gasteiger partial charge in [-0.15, -0.1) is 0 Å². The largest absolute Gasteiger partial charge is 0.495 e. The summed E-state index contributed by atoms with van der Waals surface area (Å²) in [6.45, 7) is 1.62. The molecule has 2 aromatic rings. The van der Waals surface area contributed by atoms with Crippen molar-refractivity contribution in [3.63, 3.8) is 0 Å². The van der Waals surface area contributed by atoms with Crippen LogP contribution in [0.5, 0.6) is 11.5 Å². The molecule has 0 spiro atoms. The molecule has 1 amide bonds. The lowest BCUT2D eigenvalue weighted by Crippen LogP contribution is -2.35. The summed E-state index contributed by atoms with van der Waals surface area (Å²) < 4.78 is 66.0. The number of ether oxygens (including phenoxy) is 2. The van der Waals surface area contributed by atoms with E-state index in [9.17, 15) is 21.6 Å². The van der Waals surface area contributed by atoms with Crippen LogP contribution < -0.4 is 19.1 Å². The lowest BCUT2D eigenvalue weighted by atomic mass is 10.2. The first-order valence-electron chi connectivity index (χ1n) is 11.9. The number of rotatable bonds is 10. The molecule has 2 saturated heterocycles. The Hall–Kier alpha value is -2.67. The van der Waals surface area contributed by atoms with Crippen LogP contribution in [0.2, 0.25) is 0 Å². The van der Waals surface area contributed by atoms with Gasteiger partial charge in [0.05, 0.1) is 22.6 Å². The third-order valence-electron chi connectivity index (χ3n) is 6.26. The van der Waals surface area contributed by atoms with E-state index < -0.39 is 20.0 Å². The summed E-state index contributed by atoms with van der Waals surface area (Å²) in [4.78, 5) is 13.9. The van der Waals surface area contributed by atoms with Crippen LogP contribution in [0.1, 0.15) is 32.1 Å². The number of carbonyl (C=O) groups excluding carboxylic acids is 1. The topological polar surface area (TPSA) is 122 Å². The Morgan fingerprint density at radius 1 is 0.889 bits per heavy atom. The highest BCUT2D eigenvalue weighted by molar-refractivity contribution is 7.89. The van der Waals surface area contributed by atoms with Crippen LogP contribution in [0.4, 0.5) is 5.69 Å². The summed E-state index contributed by atoms with van der Waals surface area (Å²) in [6.07, 6.45) is 3.90. The van der Waals surface area contributed by atoms with Gasteiger partial charge in [-0.2, -0.15) is 4.31 Å². The average Bonchev–Trinajstić information content (AvgIpc) is 3.32. The first kappa shape index (κ1) is 26.4. The van der Waals surface area contributed by atoms with Crippen LogP contribution in [0.25, 0.3) is 0 Å². The van der Waals surface area contributed by atoms with Gasteiger partial charge in [-0.25, -0.2) is 21.6 Å². The zero-order valence-electron chi connectivity index (χ0n) is 20.2. The third-order valence-corrected chi connectivity index (χ3v) is 9.64. The summed E-state index contributed by atoms with van der Waals surface area (Å²) in [5, 5.41) is 0. The molecule has 0 aromatic heterocycles. The number of nitrogens with zero attached hydrogens (tertiary/aromatic N) is 2. The van der Waals surface area contributed by atoms with E-state index in [1.165, 1.54) is 46.6 Å². The second kappa shape index (κ2) is 11.2. The number of carbonyl (C=O) groups is 1. The highest BCUT2D eigenvalue weighted by Gasteiger charge is 2.27. The number of hydrogen-bond donors (Lipinski definition) is 1. The number of anilines is 1. The van der Waals surface area contributed by atoms with Crippen LogP contribution in [0.3, 0.4) is 0 Å². The van der Waals surface area contributed by atoms with Crippen molar-refractivity contribution >= 4 is 31.6 Å². The van der Waals surface area contributed by atoms with E-state index in [2.05, 4.69) is 4.72 Å². The molecule has 4 rings (SSSR count). The summed E-state index contributed by atoms with van der Waals surface area (Å²) in [7, 11) is -5.90. The molecule has 2 heterocycles. The minimum absolute atomic E-state index is 0.000167. The number of hydrogen-bond acceptors (Lipinski definition) is 7. The molecule has 10 nitrogen and oxygen atoms in total. The fraction of sp³-hybridized carbons (Fsp3) is 0.458. The van der Waals surface area contributed by atoms with Crippen molar-refractivity contribution in [2.45, 2.75) is 41.9 Å². The molecule has 12 heteroatoms. The molecule has 0 aliphatic carbocycles. The molecule has 0 atom stereocenters. The van der Waals surface area contributed by atoms with Crippen LogP contribution in [-0.2, 0) is 24.8 Å². The van der Waals surface area contributed by atoms with Gasteiger partial charge in [-0.05, 0) is 61.7 Å². The lowest BCUT2D eigenvalue weighted by Gasteiger charge is -2.25. The number of sulfonamides is 2. The van der Waals surface area contributed by atoms with E-state index in [-0.39, 0.29) is 28.8 Å². The van der Waals surface area contributed by atoms with Crippen molar-refractivity contribution in [3.8, 4) is 11.5 Å². The fourth-order valence-electron chi connectivity index (χ4n) is 4.34. The molecule has 0 saturated carbocycles. The van der Waals surface area contributed by atoms with Crippen molar-refractivity contribution in [2.75, 3.05) is 44.8 Å². The zero-order chi connectivity index (χ0) is 25.8. The normalized spacial score (nSPS) is 17.4. The molecule has 0 bridgehead atoms. The van der Waals surface area contributed by atoms with Crippen molar-refractivity contribution in [2.24, 2.45) is 0 Å². The van der Waals surface area contributed by atoms with Gasteiger partial charge in [0.25, 0.3) is 0 Å². The molecular weight excluding hydrogens is 506 g/mol. The Balaban J connectivity index is 1.34. The highest BCUT2D eigenvalue weighted by Crippen LogP contribution is 2.33. The molecule has 2 fully saturated rings. The maximum absolute atomic E-state index is 12.8. The Kier molecular flexibility index (Phi) is 8.18. The zero-order valence-corrected chi connectivity index (χ0v) is 21.8. The maximum atomic E-state index is 12.8. The molecule has 1 N–H and O–H groups in total. The minimum atomic E-state index is -3.86. The molecule has 0 unspecified atom stereocenters. The molecule has 196 valence electrons. The minimum Gasteiger partial charge on any atom is -0.495 e. The molecule has 0 radical (unpaired) electrons. The number of methoxy groups -OCH3 is 1. The van der Waals surface area contributed by atoms with E-state index in [0.29, 0.717) is 49.7 Å². The second-order valence-corrected chi connectivity index (χ2v) is 12.4. The first-order chi connectivity index (χ1) is 17.2. The van der Waals surface area contributed by atoms with Gasteiger partial charge in [-0.1, -0.05) is 6.42 Å². The van der Waals surface area contributed by atoms with Gasteiger partial charge in [-0.3, -0.25) is 4.79 Å². The lowest BCUT2D eigenvalue weighted by molar-refractivity contribution is -0.117. The summed E-state index contributed by atoms with van der Waals surface area (Å²) >= 11 is 0. The maximum Gasteiger partial charge on any atom is 0.243 e. The number of benzene rings is 2. The fourth-order valence-corrected chi connectivity index (χ4v) is 6.89. The predicted octanol–water partition coefficient (Wildman–Crippen LogP) is 2.35. The Bertz CT molecular complexity index is 1290. The van der Waals surface area contributed by atoms with E-state index >= 15 is 0 Å². The Morgan fingerprint density at radius 3 is 2.22 bits per heavy atom. The molecular formula is C24H31N3O7S2. The summed E-state index contributed by atoms with van der Waals surface area (Å²) in [5.41, 5.74) is 0.429. The molecule has 2 aliphatic rings. The van der Waals surface area contributed by atoms with Gasteiger partial charge >= 0.3 is 0 Å².